The van der Waals surface area contributed by atoms with Gasteiger partial charge in [-0.15, -0.1) is 25.3 Å². The topological polar surface area (TPSA) is 26.8 Å². The smallest absolute Gasteiger partial charge is 0.178 e. The number of hydrogen-bond donors (Lipinski definition) is 2. The molecule has 2 aliphatic heterocycles. The van der Waals surface area contributed by atoms with Crippen LogP contribution in [0.2, 0.25) is 0 Å². The van der Waals surface area contributed by atoms with Gasteiger partial charge in [0.25, 0.3) is 0 Å². The molecule has 24 heavy (non-hydrogen) atoms. The maximum Gasteiger partial charge on any atom is 0.178 e. The minimum atomic E-state index is 0.0142. The first-order chi connectivity index (χ1) is 11.6. The molecule has 1 saturated heterocycles. The average molecular weight is 360 g/mol. The van der Waals surface area contributed by atoms with E-state index in [9.17, 15) is 4.79 Å². The lowest BCUT2D eigenvalue weighted by molar-refractivity contribution is -0.110. The molecule has 0 atom stereocenters. The van der Waals surface area contributed by atoms with Gasteiger partial charge < -0.3 is 0 Å². The van der Waals surface area contributed by atoms with Gasteiger partial charge >= 0.3 is 0 Å². The van der Waals surface area contributed by atoms with Gasteiger partial charge in [-0.1, -0.05) is 24.3 Å². The molecule has 0 amide bonds. The molecule has 1 fully saturated rings. The van der Waals surface area contributed by atoms with E-state index in [1.54, 1.807) is 12.2 Å². The highest BCUT2D eigenvalue weighted by molar-refractivity contribution is 7.99. The molecule has 0 aromatic rings. The molecular formula is C18H21N3OS2. The summed E-state index contributed by atoms with van der Waals surface area (Å²) in [5.41, 5.74) is 2.15. The number of carbonyl (C=O) groups excluding carboxylic acids is 1. The Labute approximate surface area is 154 Å². The summed E-state index contributed by atoms with van der Waals surface area (Å²) in [5.74, 6) is 0.0372. The van der Waals surface area contributed by atoms with Crippen molar-refractivity contribution in [2.45, 2.75) is 4.71 Å². The van der Waals surface area contributed by atoms with E-state index in [2.05, 4.69) is 70.8 Å². The highest BCUT2D eigenvalue weighted by atomic mass is 32.2. The van der Waals surface area contributed by atoms with Crippen LogP contribution in [0.3, 0.4) is 0 Å². The molecule has 0 aromatic carbocycles. The fourth-order valence-corrected chi connectivity index (χ4v) is 3.14. The van der Waals surface area contributed by atoms with Crippen LogP contribution in [0.4, 0.5) is 0 Å². The Morgan fingerprint density at radius 1 is 0.833 bits per heavy atom. The van der Waals surface area contributed by atoms with Gasteiger partial charge in [-0.2, -0.15) is 0 Å². The molecular weight excluding hydrogens is 338 g/mol. The van der Waals surface area contributed by atoms with Crippen molar-refractivity contribution in [1.82, 2.24) is 14.9 Å². The predicted molar refractivity (Wildman–Crippen MR) is 104 cm³/mol. The van der Waals surface area contributed by atoms with Crippen molar-refractivity contribution < 1.29 is 4.79 Å². The first kappa shape index (κ1) is 17.4. The van der Waals surface area contributed by atoms with Gasteiger partial charge in [-0.05, 0) is 35.5 Å². The van der Waals surface area contributed by atoms with E-state index in [4.69, 9.17) is 0 Å². The van der Waals surface area contributed by atoms with Crippen LogP contribution in [0.15, 0.2) is 72.2 Å². The summed E-state index contributed by atoms with van der Waals surface area (Å²) in [6.07, 6.45) is 19.2. The largest absolute Gasteiger partial charge is 0.290 e. The number of allylic oxidation sites excluding steroid dienone is 10. The van der Waals surface area contributed by atoms with E-state index in [1.807, 2.05) is 18.2 Å². The summed E-state index contributed by atoms with van der Waals surface area (Å²) in [4.78, 5) is 13.3. The van der Waals surface area contributed by atoms with Crippen LogP contribution >= 0.6 is 25.3 Å². The van der Waals surface area contributed by atoms with Gasteiger partial charge in [0.05, 0.1) is 4.71 Å². The second-order valence-electron chi connectivity index (χ2n) is 5.75. The Balaban J connectivity index is 1.55. The Kier molecular flexibility index (Phi) is 5.84. The van der Waals surface area contributed by atoms with Gasteiger partial charge in [-0.25, -0.2) is 5.01 Å². The molecule has 0 N–H and O–H groups in total. The maximum atomic E-state index is 11.1. The molecule has 0 unspecified atom stereocenters. The molecule has 0 spiro atoms. The number of thiol groups is 2. The molecule has 0 saturated carbocycles. The Hall–Kier alpha value is -1.47. The van der Waals surface area contributed by atoms with E-state index in [0.29, 0.717) is 0 Å². The average Bonchev–Trinajstić information content (AvgIpc) is 2.62. The van der Waals surface area contributed by atoms with Crippen LogP contribution in [-0.4, -0.2) is 51.6 Å². The Morgan fingerprint density at radius 3 is 1.92 bits per heavy atom. The minimum absolute atomic E-state index is 0.0142. The Bertz CT molecular complexity index is 632. The van der Waals surface area contributed by atoms with Crippen LogP contribution in [0.1, 0.15) is 0 Å². The van der Waals surface area contributed by atoms with Gasteiger partial charge in [0, 0.05) is 38.6 Å². The van der Waals surface area contributed by atoms with E-state index in [0.717, 1.165) is 37.3 Å². The summed E-state index contributed by atoms with van der Waals surface area (Å²) >= 11 is 8.74. The molecule has 3 rings (SSSR count). The molecule has 3 aliphatic rings. The lowest BCUT2D eigenvalue weighted by atomic mass is 10.1. The summed E-state index contributed by atoms with van der Waals surface area (Å²) in [7, 11) is 0. The second-order valence-corrected chi connectivity index (χ2v) is 7.14. The SMILES string of the molecule is O=C1C=CC(=CC=C2C=CN(N3CCN(C(S)S)CC3)C=C2)C=C1. The zero-order valence-corrected chi connectivity index (χ0v) is 15.1. The van der Waals surface area contributed by atoms with Crippen molar-refractivity contribution in [3.63, 3.8) is 0 Å². The third kappa shape index (κ3) is 4.54. The zero-order valence-electron chi connectivity index (χ0n) is 13.3. The molecule has 1 aliphatic carbocycles. The standard InChI is InChI=1S/C18H21N3OS2/c22-17-5-3-15(4-6-17)1-2-16-7-9-20(10-8-16)21-13-11-19(12-14-21)18(23)24/h1-10,18,23-24H,11-14H2. The van der Waals surface area contributed by atoms with E-state index in [1.165, 1.54) is 0 Å². The third-order valence-corrected chi connectivity index (χ3v) is 4.78. The highest BCUT2D eigenvalue weighted by Gasteiger charge is 2.22. The minimum Gasteiger partial charge on any atom is -0.290 e. The molecule has 0 bridgehead atoms. The maximum absolute atomic E-state index is 11.1. The zero-order chi connectivity index (χ0) is 16.9. The summed E-state index contributed by atoms with van der Waals surface area (Å²) in [6, 6.07) is 0. The summed E-state index contributed by atoms with van der Waals surface area (Å²) in [5, 5.41) is 4.44. The molecule has 4 nitrogen and oxygen atoms in total. The van der Waals surface area contributed by atoms with Crippen LogP contribution in [0.5, 0.6) is 0 Å². The van der Waals surface area contributed by atoms with Gasteiger partial charge in [0.1, 0.15) is 0 Å². The lowest BCUT2D eigenvalue weighted by Gasteiger charge is -2.40. The number of hydrazine groups is 1. The molecule has 126 valence electrons. The number of hydrogen-bond acceptors (Lipinski definition) is 6. The first-order valence-corrected chi connectivity index (χ1v) is 8.97. The normalized spacial score (nSPS) is 22.0. The van der Waals surface area contributed by atoms with Crippen molar-refractivity contribution >= 4 is 31.0 Å². The first-order valence-electron chi connectivity index (χ1n) is 7.94. The monoisotopic (exact) mass is 359 g/mol. The third-order valence-electron chi connectivity index (χ3n) is 4.13. The number of rotatable bonds is 3. The summed E-state index contributed by atoms with van der Waals surface area (Å²) < 4.78 is 0.0142. The fraction of sp³-hybridized carbons (Fsp3) is 0.278. The predicted octanol–water partition coefficient (Wildman–Crippen LogP) is 2.55. The van der Waals surface area contributed by atoms with Gasteiger partial charge in [0.2, 0.25) is 0 Å². The second kappa shape index (κ2) is 8.07. The number of carbonyl (C=O) groups is 1. The lowest BCUT2D eigenvalue weighted by Crippen LogP contribution is -2.51. The van der Waals surface area contributed by atoms with Crippen molar-refractivity contribution in [2.75, 3.05) is 26.2 Å². The number of ketones is 1. The Morgan fingerprint density at radius 2 is 1.38 bits per heavy atom. The van der Waals surface area contributed by atoms with Gasteiger partial charge in [-0.3, -0.25) is 14.7 Å². The van der Waals surface area contributed by atoms with Crippen LogP contribution in [0, 0.1) is 0 Å². The van der Waals surface area contributed by atoms with E-state index >= 15 is 0 Å². The number of piperazine rings is 1. The van der Waals surface area contributed by atoms with Crippen molar-refractivity contribution in [3.05, 3.63) is 72.2 Å². The van der Waals surface area contributed by atoms with Crippen molar-refractivity contribution in [1.29, 1.82) is 0 Å². The summed E-state index contributed by atoms with van der Waals surface area (Å²) in [6.45, 7) is 3.84. The van der Waals surface area contributed by atoms with E-state index < -0.39 is 0 Å². The van der Waals surface area contributed by atoms with Crippen LogP contribution < -0.4 is 0 Å². The number of nitrogens with zero attached hydrogens (tertiary/aromatic N) is 3. The quantitative estimate of drug-likeness (QED) is 0.598. The highest BCUT2D eigenvalue weighted by Crippen LogP contribution is 2.17. The molecule has 0 radical (unpaired) electrons. The van der Waals surface area contributed by atoms with Crippen molar-refractivity contribution in [2.24, 2.45) is 0 Å². The molecule has 0 aromatic heterocycles. The van der Waals surface area contributed by atoms with Crippen LogP contribution in [-0.2, 0) is 4.79 Å². The fourth-order valence-electron chi connectivity index (χ4n) is 2.67. The van der Waals surface area contributed by atoms with Gasteiger partial charge in [0.15, 0.2) is 5.78 Å². The van der Waals surface area contributed by atoms with E-state index in [-0.39, 0.29) is 10.5 Å². The van der Waals surface area contributed by atoms with Crippen LogP contribution in [0.25, 0.3) is 0 Å². The van der Waals surface area contributed by atoms with Crippen molar-refractivity contribution in [3.8, 4) is 0 Å². The molecule has 6 heteroatoms. The molecule has 2 heterocycles.